The lowest BCUT2D eigenvalue weighted by Gasteiger charge is -2.29. The van der Waals surface area contributed by atoms with Gasteiger partial charge in [-0.2, -0.15) is 0 Å². The highest BCUT2D eigenvalue weighted by Gasteiger charge is 2.39. The van der Waals surface area contributed by atoms with Crippen LogP contribution in [0, 0.1) is 5.92 Å². The van der Waals surface area contributed by atoms with Gasteiger partial charge in [-0.15, -0.1) is 0 Å². The smallest absolute Gasteiger partial charge is 0.321 e. The summed E-state index contributed by atoms with van der Waals surface area (Å²) in [7, 11) is 0. The molecule has 2 aliphatic heterocycles. The quantitative estimate of drug-likeness (QED) is 0.853. The number of carboxylic acids is 1. The third kappa shape index (κ3) is 4.43. The number of nitrogens with zero attached hydrogens (tertiary/aromatic N) is 1. The number of carbonyl (C=O) groups is 1. The molecule has 0 aromatic carbocycles. The van der Waals surface area contributed by atoms with Crippen LogP contribution >= 0.6 is 0 Å². The Labute approximate surface area is 121 Å². The van der Waals surface area contributed by atoms with E-state index >= 15 is 0 Å². The summed E-state index contributed by atoms with van der Waals surface area (Å²) < 4.78 is 11.3. The van der Waals surface area contributed by atoms with Gasteiger partial charge in [0.15, 0.2) is 0 Å². The van der Waals surface area contributed by atoms with E-state index in [-0.39, 0.29) is 11.7 Å². The first-order valence-electron chi connectivity index (χ1n) is 7.57. The highest BCUT2D eigenvalue weighted by Crippen LogP contribution is 2.27. The van der Waals surface area contributed by atoms with Crippen molar-refractivity contribution < 1.29 is 19.4 Å². The van der Waals surface area contributed by atoms with Crippen LogP contribution in [0.2, 0.25) is 0 Å². The Bertz CT molecular complexity index is 333. The Balaban J connectivity index is 1.93. The summed E-state index contributed by atoms with van der Waals surface area (Å²) in [5.41, 5.74) is -0.220. The first-order chi connectivity index (χ1) is 9.35. The van der Waals surface area contributed by atoms with Crippen LogP contribution in [0.25, 0.3) is 0 Å². The zero-order chi connectivity index (χ0) is 14.8. The zero-order valence-corrected chi connectivity index (χ0v) is 12.8. The molecule has 1 unspecified atom stereocenters. The molecule has 0 radical (unpaired) electrons. The van der Waals surface area contributed by atoms with Crippen molar-refractivity contribution >= 4 is 5.97 Å². The van der Waals surface area contributed by atoms with E-state index in [9.17, 15) is 9.90 Å². The maximum atomic E-state index is 11.4. The van der Waals surface area contributed by atoms with Crippen molar-refractivity contribution in [1.82, 2.24) is 4.90 Å². The molecular weight excluding hydrogens is 258 g/mol. The van der Waals surface area contributed by atoms with Crippen LogP contribution in [-0.4, -0.2) is 60.0 Å². The Morgan fingerprint density at radius 1 is 1.35 bits per heavy atom. The average molecular weight is 285 g/mol. The van der Waals surface area contributed by atoms with E-state index in [1.807, 2.05) is 20.8 Å². The standard InChI is InChI=1S/C15H27NO4/c1-15(2,3)20-12-8-13(14(17)18)16(10-12)9-11-4-6-19-7-5-11/h11-13H,4-10H2,1-3H3,(H,17,18)/t12?,13-/m0/s1. The predicted octanol–water partition coefficient (Wildman–Crippen LogP) is 1.76. The first-order valence-corrected chi connectivity index (χ1v) is 7.57. The molecule has 2 aliphatic rings. The molecule has 2 heterocycles. The Hall–Kier alpha value is -0.650. The van der Waals surface area contributed by atoms with Crippen molar-refractivity contribution in [1.29, 1.82) is 0 Å². The van der Waals surface area contributed by atoms with Crippen LogP contribution in [0.5, 0.6) is 0 Å². The average Bonchev–Trinajstić information content (AvgIpc) is 2.71. The molecule has 116 valence electrons. The minimum atomic E-state index is -0.725. The van der Waals surface area contributed by atoms with E-state index in [1.54, 1.807) is 0 Å². The molecular formula is C15H27NO4. The lowest BCUT2D eigenvalue weighted by atomic mass is 9.99. The molecule has 2 saturated heterocycles. The molecule has 5 nitrogen and oxygen atoms in total. The topological polar surface area (TPSA) is 59.0 Å². The zero-order valence-electron chi connectivity index (χ0n) is 12.8. The van der Waals surface area contributed by atoms with E-state index in [4.69, 9.17) is 9.47 Å². The van der Waals surface area contributed by atoms with Crippen molar-refractivity contribution in [2.45, 2.75) is 57.8 Å². The van der Waals surface area contributed by atoms with Gasteiger partial charge in [0, 0.05) is 32.7 Å². The SMILES string of the molecule is CC(C)(C)OC1C[C@@H](C(=O)O)N(CC2CCOCC2)C1. The largest absolute Gasteiger partial charge is 0.480 e. The van der Waals surface area contributed by atoms with Crippen LogP contribution in [0.1, 0.15) is 40.0 Å². The molecule has 1 N–H and O–H groups in total. The minimum Gasteiger partial charge on any atom is -0.480 e. The van der Waals surface area contributed by atoms with E-state index in [1.165, 1.54) is 0 Å². The maximum Gasteiger partial charge on any atom is 0.321 e. The molecule has 2 fully saturated rings. The number of hydrogen-bond donors (Lipinski definition) is 1. The number of rotatable bonds is 4. The van der Waals surface area contributed by atoms with Gasteiger partial charge < -0.3 is 14.6 Å². The summed E-state index contributed by atoms with van der Waals surface area (Å²) in [5.74, 6) is -0.170. The van der Waals surface area contributed by atoms with Crippen molar-refractivity contribution in [3.63, 3.8) is 0 Å². The third-order valence-corrected chi connectivity index (χ3v) is 4.00. The highest BCUT2D eigenvalue weighted by molar-refractivity contribution is 5.74. The monoisotopic (exact) mass is 285 g/mol. The summed E-state index contributed by atoms with van der Waals surface area (Å²) in [4.78, 5) is 13.5. The molecule has 0 bridgehead atoms. The summed E-state index contributed by atoms with van der Waals surface area (Å²) in [6, 6.07) is -0.398. The molecule has 0 spiro atoms. The summed E-state index contributed by atoms with van der Waals surface area (Å²) >= 11 is 0. The van der Waals surface area contributed by atoms with Crippen molar-refractivity contribution in [2.24, 2.45) is 5.92 Å². The van der Waals surface area contributed by atoms with Gasteiger partial charge in [-0.05, 0) is 39.5 Å². The number of likely N-dealkylation sites (tertiary alicyclic amines) is 1. The fraction of sp³-hybridized carbons (Fsp3) is 0.933. The minimum absolute atomic E-state index is 0.0240. The second kappa shape index (κ2) is 6.41. The van der Waals surface area contributed by atoms with Crippen molar-refractivity contribution in [2.75, 3.05) is 26.3 Å². The third-order valence-electron chi connectivity index (χ3n) is 4.00. The van der Waals surface area contributed by atoms with Crippen LogP contribution in [0.4, 0.5) is 0 Å². The molecule has 0 amide bonds. The van der Waals surface area contributed by atoms with Gasteiger partial charge in [0.25, 0.3) is 0 Å². The molecule has 0 saturated carbocycles. The molecule has 5 heteroatoms. The maximum absolute atomic E-state index is 11.4. The highest BCUT2D eigenvalue weighted by atomic mass is 16.5. The first kappa shape index (κ1) is 15.7. The molecule has 0 aromatic heterocycles. The fourth-order valence-corrected chi connectivity index (χ4v) is 3.17. The molecule has 2 rings (SSSR count). The predicted molar refractivity (Wildman–Crippen MR) is 75.8 cm³/mol. The summed E-state index contributed by atoms with van der Waals surface area (Å²) in [6.07, 6.45) is 2.69. The lowest BCUT2D eigenvalue weighted by molar-refractivity contribution is -0.142. The number of carboxylic acid groups (broad SMARTS) is 1. The molecule has 20 heavy (non-hydrogen) atoms. The van der Waals surface area contributed by atoms with Crippen LogP contribution in [0.15, 0.2) is 0 Å². The van der Waals surface area contributed by atoms with Crippen molar-refractivity contribution in [3.8, 4) is 0 Å². The second-order valence-corrected chi connectivity index (χ2v) is 6.95. The van der Waals surface area contributed by atoms with Gasteiger partial charge in [-0.25, -0.2) is 0 Å². The summed E-state index contributed by atoms with van der Waals surface area (Å²) in [6.45, 7) is 9.24. The van der Waals surface area contributed by atoms with Gasteiger partial charge >= 0.3 is 5.97 Å². The fourth-order valence-electron chi connectivity index (χ4n) is 3.17. The normalized spacial score (nSPS) is 29.8. The summed E-state index contributed by atoms with van der Waals surface area (Å²) in [5, 5.41) is 9.41. The Kier molecular flexibility index (Phi) is 5.04. The number of hydrogen-bond acceptors (Lipinski definition) is 4. The van der Waals surface area contributed by atoms with Gasteiger partial charge in [0.2, 0.25) is 0 Å². The Morgan fingerprint density at radius 3 is 2.55 bits per heavy atom. The van der Waals surface area contributed by atoms with E-state index in [2.05, 4.69) is 4.90 Å². The van der Waals surface area contributed by atoms with Gasteiger partial charge in [-0.3, -0.25) is 9.69 Å². The van der Waals surface area contributed by atoms with E-state index in [0.29, 0.717) is 12.3 Å². The van der Waals surface area contributed by atoms with Crippen LogP contribution in [0.3, 0.4) is 0 Å². The van der Waals surface area contributed by atoms with Gasteiger partial charge in [0.05, 0.1) is 11.7 Å². The molecule has 2 atom stereocenters. The van der Waals surface area contributed by atoms with Gasteiger partial charge in [-0.1, -0.05) is 0 Å². The van der Waals surface area contributed by atoms with Gasteiger partial charge in [0.1, 0.15) is 6.04 Å². The van der Waals surface area contributed by atoms with Crippen LogP contribution < -0.4 is 0 Å². The lowest BCUT2D eigenvalue weighted by Crippen LogP contribution is -2.40. The molecule has 0 aromatic rings. The number of aliphatic carboxylic acids is 1. The van der Waals surface area contributed by atoms with Crippen LogP contribution in [-0.2, 0) is 14.3 Å². The van der Waals surface area contributed by atoms with Crippen molar-refractivity contribution in [3.05, 3.63) is 0 Å². The second-order valence-electron chi connectivity index (χ2n) is 6.95. The van der Waals surface area contributed by atoms with E-state index < -0.39 is 12.0 Å². The number of ether oxygens (including phenoxy) is 2. The van der Waals surface area contributed by atoms with E-state index in [0.717, 1.165) is 39.1 Å². The Morgan fingerprint density at radius 2 is 2.00 bits per heavy atom. The molecule has 0 aliphatic carbocycles.